The van der Waals surface area contributed by atoms with Crippen molar-refractivity contribution in [3.63, 3.8) is 0 Å². The number of phenolic OH excluding ortho intramolecular Hbond substituents is 1. The lowest BCUT2D eigenvalue weighted by atomic mass is 10.1. The van der Waals surface area contributed by atoms with Crippen molar-refractivity contribution in [2.75, 3.05) is 12.0 Å². The molecule has 0 fully saturated rings. The molecule has 0 saturated carbocycles. The largest absolute Gasteiger partial charge is 0.507 e. The molecule has 108 valence electrons. The summed E-state index contributed by atoms with van der Waals surface area (Å²) in [6, 6.07) is 4.23. The van der Waals surface area contributed by atoms with Gasteiger partial charge < -0.3 is 10.8 Å². The maximum absolute atomic E-state index is 11.5. The Hall–Kier alpha value is -1.84. The van der Waals surface area contributed by atoms with E-state index in [-0.39, 0.29) is 21.4 Å². The lowest BCUT2D eigenvalue weighted by molar-refractivity contribution is 0.471. The Morgan fingerprint density at radius 1 is 1.00 bits per heavy atom. The molecule has 0 aliphatic carbocycles. The molecule has 0 atom stereocenters. The van der Waals surface area contributed by atoms with Crippen LogP contribution in [0, 0.1) is 0 Å². The number of nitrogens with two attached hydrogens (primary N) is 1. The molecule has 2 rings (SSSR count). The van der Waals surface area contributed by atoms with Gasteiger partial charge in [-0.15, -0.1) is 0 Å². The standard InChI is InChI=1S/C11H11NO6S2/c1-19(14,15)7-2-6-3-8(20(16,17)18)5-10(13)11(6)9(12)4-7/h2-5,13H,12H2,1H3,(H,16,17,18). The summed E-state index contributed by atoms with van der Waals surface area (Å²) in [7, 11) is -8.08. The van der Waals surface area contributed by atoms with Crippen LogP contribution in [0.25, 0.3) is 10.8 Å². The molecule has 7 nitrogen and oxygen atoms in total. The van der Waals surface area contributed by atoms with E-state index < -0.39 is 30.6 Å². The molecule has 0 spiro atoms. The lowest BCUT2D eigenvalue weighted by Gasteiger charge is -2.09. The number of nitrogen functional groups attached to an aromatic ring is 1. The van der Waals surface area contributed by atoms with Gasteiger partial charge in [0.15, 0.2) is 9.84 Å². The second-order valence-electron chi connectivity index (χ2n) is 4.30. The topological polar surface area (TPSA) is 135 Å². The summed E-state index contributed by atoms with van der Waals surface area (Å²) in [5.74, 6) is -0.465. The van der Waals surface area contributed by atoms with Gasteiger partial charge in [-0.05, 0) is 23.6 Å². The first kappa shape index (κ1) is 14.6. The molecule has 4 N–H and O–H groups in total. The quantitative estimate of drug-likeness (QED) is 0.550. The Labute approximate surface area is 115 Å². The van der Waals surface area contributed by atoms with Crippen LogP contribution in [0.15, 0.2) is 34.1 Å². The summed E-state index contributed by atoms with van der Waals surface area (Å²) in [5, 5.41) is 10.00. The van der Waals surface area contributed by atoms with E-state index in [1.54, 1.807) is 0 Å². The molecule has 2 aromatic rings. The highest BCUT2D eigenvalue weighted by Crippen LogP contribution is 2.34. The predicted molar refractivity (Wildman–Crippen MR) is 72.9 cm³/mol. The van der Waals surface area contributed by atoms with Crippen LogP contribution in [-0.2, 0) is 20.0 Å². The first-order chi connectivity index (χ1) is 9.00. The monoisotopic (exact) mass is 317 g/mol. The van der Waals surface area contributed by atoms with Crippen molar-refractivity contribution < 1.29 is 26.5 Å². The fourth-order valence-electron chi connectivity index (χ4n) is 1.83. The zero-order valence-electron chi connectivity index (χ0n) is 10.2. The third kappa shape index (κ3) is 2.55. The second-order valence-corrected chi connectivity index (χ2v) is 7.74. The molecule has 0 saturated heterocycles. The van der Waals surface area contributed by atoms with E-state index in [9.17, 15) is 21.9 Å². The van der Waals surface area contributed by atoms with E-state index >= 15 is 0 Å². The van der Waals surface area contributed by atoms with Crippen molar-refractivity contribution in [1.82, 2.24) is 0 Å². The fraction of sp³-hybridized carbons (Fsp3) is 0.0909. The molecular weight excluding hydrogens is 306 g/mol. The van der Waals surface area contributed by atoms with Crippen molar-refractivity contribution in [2.45, 2.75) is 9.79 Å². The summed E-state index contributed by atoms with van der Waals surface area (Å²) in [5.41, 5.74) is 5.67. The fourth-order valence-corrected chi connectivity index (χ4v) is 3.05. The van der Waals surface area contributed by atoms with Gasteiger partial charge in [-0.25, -0.2) is 8.42 Å². The molecule has 2 aromatic carbocycles. The highest BCUT2D eigenvalue weighted by atomic mass is 32.2. The zero-order valence-corrected chi connectivity index (χ0v) is 11.9. The minimum Gasteiger partial charge on any atom is -0.507 e. The molecule has 9 heteroatoms. The van der Waals surface area contributed by atoms with Gasteiger partial charge in [-0.3, -0.25) is 4.55 Å². The highest BCUT2D eigenvalue weighted by molar-refractivity contribution is 7.90. The van der Waals surface area contributed by atoms with Gasteiger partial charge in [0.05, 0.1) is 9.79 Å². The number of benzene rings is 2. The average Bonchev–Trinajstić information content (AvgIpc) is 2.25. The molecule has 0 heterocycles. The normalized spacial score (nSPS) is 12.7. The van der Waals surface area contributed by atoms with Crippen LogP contribution < -0.4 is 5.73 Å². The molecule has 0 amide bonds. The maximum atomic E-state index is 11.5. The van der Waals surface area contributed by atoms with E-state index in [2.05, 4.69) is 0 Å². The Morgan fingerprint density at radius 2 is 1.55 bits per heavy atom. The van der Waals surface area contributed by atoms with Crippen molar-refractivity contribution in [1.29, 1.82) is 0 Å². The predicted octanol–water partition coefficient (Wildman–Crippen LogP) is 0.778. The Morgan fingerprint density at radius 3 is 2.05 bits per heavy atom. The van der Waals surface area contributed by atoms with E-state index in [0.717, 1.165) is 18.4 Å². The van der Waals surface area contributed by atoms with Crippen LogP contribution in [0.1, 0.15) is 0 Å². The molecule has 0 aliphatic heterocycles. The second kappa shape index (κ2) is 4.33. The summed E-state index contributed by atoms with van der Waals surface area (Å²) < 4.78 is 54.2. The number of hydrogen-bond acceptors (Lipinski definition) is 6. The van der Waals surface area contributed by atoms with Crippen molar-refractivity contribution >= 4 is 36.4 Å². The lowest BCUT2D eigenvalue weighted by Crippen LogP contribution is -2.01. The van der Waals surface area contributed by atoms with Gasteiger partial charge in [0.1, 0.15) is 5.75 Å². The van der Waals surface area contributed by atoms with Crippen molar-refractivity contribution in [3.05, 3.63) is 24.3 Å². The Balaban J connectivity index is 2.95. The molecule has 0 aliphatic rings. The maximum Gasteiger partial charge on any atom is 0.294 e. The highest BCUT2D eigenvalue weighted by Gasteiger charge is 2.17. The zero-order chi connectivity index (χ0) is 15.3. The van der Waals surface area contributed by atoms with Crippen LogP contribution in [0.2, 0.25) is 0 Å². The van der Waals surface area contributed by atoms with Gasteiger partial charge >= 0.3 is 0 Å². The number of phenols is 1. The minimum atomic E-state index is -4.53. The number of anilines is 1. The third-order valence-corrected chi connectivity index (χ3v) is 4.66. The van der Waals surface area contributed by atoms with Gasteiger partial charge in [0.25, 0.3) is 10.1 Å². The molecule has 0 unspecified atom stereocenters. The van der Waals surface area contributed by atoms with Gasteiger partial charge in [0.2, 0.25) is 0 Å². The smallest absolute Gasteiger partial charge is 0.294 e. The van der Waals surface area contributed by atoms with Crippen LogP contribution in [-0.4, -0.2) is 32.8 Å². The van der Waals surface area contributed by atoms with Crippen LogP contribution in [0.4, 0.5) is 5.69 Å². The number of rotatable bonds is 2. The van der Waals surface area contributed by atoms with E-state index in [1.807, 2.05) is 0 Å². The minimum absolute atomic E-state index is 0.0117. The van der Waals surface area contributed by atoms with E-state index in [4.69, 9.17) is 10.3 Å². The van der Waals surface area contributed by atoms with Crippen LogP contribution >= 0.6 is 0 Å². The van der Waals surface area contributed by atoms with Crippen LogP contribution in [0.5, 0.6) is 5.75 Å². The van der Waals surface area contributed by atoms with Crippen LogP contribution in [0.3, 0.4) is 0 Å². The number of aromatic hydroxyl groups is 1. The summed E-state index contributed by atoms with van der Waals surface area (Å²) >= 11 is 0. The summed E-state index contributed by atoms with van der Waals surface area (Å²) in [4.78, 5) is -0.665. The van der Waals surface area contributed by atoms with Gasteiger partial charge in [-0.2, -0.15) is 8.42 Å². The number of fused-ring (bicyclic) bond motifs is 1. The SMILES string of the molecule is CS(=O)(=O)c1cc(N)c2c(O)cc(S(=O)(=O)O)cc2c1. The summed E-state index contributed by atoms with van der Waals surface area (Å²) in [6.45, 7) is 0. The third-order valence-electron chi connectivity index (χ3n) is 2.73. The Kier molecular flexibility index (Phi) is 3.16. The van der Waals surface area contributed by atoms with E-state index in [1.165, 1.54) is 12.1 Å². The first-order valence-corrected chi connectivity index (χ1v) is 8.57. The number of hydrogen-bond donors (Lipinski definition) is 3. The van der Waals surface area contributed by atoms with Gasteiger partial charge in [-0.1, -0.05) is 0 Å². The molecular formula is C11H11NO6S2. The van der Waals surface area contributed by atoms with Crippen molar-refractivity contribution in [2.24, 2.45) is 0 Å². The molecule has 0 bridgehead atoms. The molecule has 20 heavy (non-hydrogen) atoms. The molecule has 0 radical (unpaired) electrons. The first-order valence-electron chi connectivity index (χ1n) is 5.24. The summed E-state index contributed by atoms with van der Waals surface area (Å²) in [6.07, 6.45) is 0.972. The van der Waals surface area contributed by atoms with E-state index in [0.29, 0.717) is 0 Å². The molecule has 0 aromatic heterocycles. The average molecular weight is 317 g/mol. The van der Waals surface area contributed by atoms with Crippen molar-refractivity contribution in [3.8, 4) is 5.75 Å². The number of sulfone groups is 1. The van der Waals surface area contributed by atoms with Gasteiger partial charge in [0, 0.05) is 23.4 Å². The Bertz CT molecular complexity index is 843.